The number of amides is 2. The largest absolute Gasteiger partial charge is 0.312 e. The van der Waals surface area contributed by atoms with Crippen molar-refractivity contribution in [1.82, 2.24) is 10.2 Å². The number of carbonyl (C=O) groups excluding carboxylic acids is 2. The third-order valence-corrected chi connectivity index (χ3v) is 6.09. The molecule has 8 heteroatoms. The SMILES string of the molecule is CCCSc1nnc(NC(=O)C2CC(=O)N(c3ccc(C)cc3)C2)s1. The van der Waals surface area contributed by atoms with Gasteiger partial charge < -0.3 is 10.2 Å². The van der Waals surface area contributed by atoms with Gasteiger partial charge in [0.25, 0.3) is 0 Å². The number of thioether (sulfide) groups is 1. The second kappa shape index (κ2) is 7.97. The fourth-order valence-electron chi connectivity index (χ4n) is 2.57. The summed E-state index contributed by atoms with van der Waals surface area (Å²) in [7, 11) is 0. The Hall–Kier alpha value is -1.93. The maximum atomic E-state index is 12.5. The van der Waals surface area contributed by atoms with Gasteiger partial charge in [0.05, 0.1) is 5.92 Å². The van der Waals surface area contributed by atoms with E-state index in [2.05, 4.69) is 22.4 Å². The normalized spacial score (nSPS) is 17.1. The molecule has 1 fully saturated rings. The molecule has 1 atom stereocenters. The first-order chi connectivity index (χ1) is 12.1. The number of rotatable bonds is 6. The average Bonchev–Trinajstić information content (AvgIpc) is 3.20. The Morgan fingerprint density at radius 3 is 2.84 bits per heavy atom. The second-order valence-electron chi connectivity index (χ2n) is 5.95. The van der Waals surface area contributed by atoms with Crippen LogP contribution in [0, 0.1) is 12.8 Å². The highest BCUT2D eigenvalue weighted by Crippen LogP contribution is 2.29. The molecule has 1 unspecified atom stereocenters. The lowest BCUT2D eigenvalue weighted by molar-refractivity contribution is -0.122. The van der Waals surface area contributed by atoms with Crippen LogP contribution in [-0.4, -0.2) is 34.3 Å². The summed E-state index contributed by atoms with van der Waals surface area (Å²) in [6.07, 6.45) is 1.28. The predicted molar refractivity (Wildman–Crippen MR) is 101 cm³/mol. The maximum absolute atomic E-state index is 12.5. The van der Waals surface area contributed by atoms with Crippen LogP contribution in [0.1, 0.15) is 25.3 Å². The van der Waals surface area contributed by atoms with Gasteiger partial charge in [-0.25, -0.2) is 0 Å². The minimum atomic E-state index is -0.371. The third kappa shape index (κ3) is 4.38. The van der Waals surface area contributed by atoms with Gasteiger partial charge in [-0.05, 0) is 25.5 Å². The second-order valence-corrected chi connectivity index (χ2v) is 8.27. The molecule has 2 amide bonds. The van der Waals surface area contributed by atoms with Crippen LogP contribution in [0.4, 0.5) is 10.8 Å². The zero-order valence-corrected chi connectivity index (χ0v) is 15.8. The molecule has 0 aliphatic carbocycles. The predicted octanol–water partition coefficient (Wildman–Crippen LogP) is 3.34. The number of nitrogens with one attached hydrogen (secondary N) is 1. The summed E-state index contributed by atoms with van der Waals surface area (Å²) in [6, 6.07) is 7.75. The molecule has 6 nitrogen and oxygen atoms in total. The van der Waals surface area contributed by atoms with Crippen LogP contribution in [0.25, 0.3) is 0 Å². The van der Waals surface area contributed by atoms with Crippen molar-refractivity contribution >= 4 is 45.7 Å². The highest BCUT2D eigenvalue weighted by Gasteiger charge is 2.35. The lowest BCUT2D eigenvalue weighted by atomic mass is 10.1. The van der Waals surface area contributed by atoms with Crippen LogP contribution in [0.2, 0.25) is 0 Å². The summed E-state index contributed by atoms with van der Waals surface area (Å²) in [4.78, 5) is 26.4. The molecule has 1 N–H and O–H groups in total. The molecule has 0 spiro atoms. The highest BCUT2D eigenvalue weighted by molar-refractivity contribution is 8.01. The van der Waals surface area contributed by atoms with Crippen molar-refractivity contribution in [2.45, 2.75) is 31.0 Å². The maximum Gasteiger partial charge on any atom is 0.231 e. The van der Waals surface area contributed by atoms with E-state index >= 15 is 0 Å². The Morgan fingerprint density at radius 1 is 1.36 bits per heavy atom. The van der Waals surface area contributed by atoms with Gasteiger partial charge in [0.15, 0.2) is 4.34 Å². The lowest BCUT2D eigenvalue weighted by Crippen LogP contribution is -2.28. The van der Waals surface area contributed by atoms with Crippen molar-refractivity contribution in [3.8, 4) is 0 Å². The van der Waals surface area contributed by atoms with E-state index in [1.54, 1.807) is 16.7 Å². The van der Waals surface area contributed by atoms with E-state index in [1.165, 1.54) is 11.3 Å². The first-order valence-corrected chi connectivity index (χ1v) is 10.0. The number of benzene rings is 1. The number of anilines is 2. The number of nitrogens with zero attached hydrogens (tertiary/aromatic N) is 3. The lowest BCUT2D eigenvalue weighted by Gasteiger charge is -2.16. The van der Waals surface area contributed by atoms with E-state index in [9.17, 15) is 9.59 Å². The molecule has 2 heterocycles. The molecular weight excluding hydrogens is 356 g/mol. The van der Waals surface area contributed by atoms with Gasteiger partial charge >= 0.3 is 0 Å². The molecule has 0 bridgehead atoms. The number of hydrogen-bond donors (Lipinski definition) is 1. The molecule has 1 aliphatic heterocycles. The monoisotopic (exact) mass is 376 g/mol. The summed E-state index contributed by atoms with van der Waals surface area (Å²) in [6.45, 7) is 4.50. The standard InChI is InChI=1S/C17H20N4O2S2/c1-3-8-24-17-20-19-16(25-17)18-15(23)12-9-14(22)21(10-12)13-6-4-11(2)5-7-13/h4-7,12H,3,8-10H2,1-2H3,(H,18,19,23). The van der Waals surface area contributed by atoms with Crippen molar-refractivity contribution in [3.63, 3.8) is 0 Å². The van der Waals surface area contributed by atoms with Gasteiger partial charge in [0.2, 0.25) is 16.9 Å². The molecular formula is C17H20N4O2S2. The Bertz CT molecular complexity index is 760. The molecule has 1 aliphatic rings. The Balaban J connectivity index is 1.60. The fraction of sp³-hybridized carbons (Fsp3) is 0.412. The summed E-state index contributed by atoms with van der Waals surface area (Å²) in [5.74, 6) is 0.404. The molecule has 0 saturated carbocycles. The van der Waals surface area contributed by atoms with Crippen LogP contribution in [0.15, 0.2) is 28.6 Å². The summed E-state index contributed by atoms with van der Waals surface area (Å²) in [5, 5.41) is 11.3. The van der Waals surface area contributed by atoms with E-state index in [0.29, 0.717) is 11.7 Å². The highest BCUT2D eigenvalue weighted by atomic mass is 32.2. The van der Waals surface area contributed by atoms with Gasteiger partial charge in [-0.15, -0.1) is 10.2 Å². The van der Waals surface area contributed by atoms with E-state index in [4.69, 9.17) is 0 Å². The van der Waals surface area contributed by atoms with Crippen LogP contribution in [0.5, 0.6) is 0 Å². The molecule has 3 rings (SSSR count). The molecule has 0 radical (unpaired) electrons. The fourth-order valence-corrected chi connectivity index (χ4v) is 4.25. The van der Waals surface area contributed by atoms with E-state index < -0.39 is 0 Å². The molecule has 1 aromatic carbocycles. The van der Waals surface area contributed by atoms with Crippen molar-refractivity contribution in [3.05, 3.63) is 29.8 Å². The average molecular weight is 377 g/mol. The number of aromatic nitrogens is 2. The molecule has 1 saturated heterocycles. The van der Waals surface area contributed by atoms with E-state index in [1.807, 2.05) is 31.2 Å². The smallest absolute Gasteiger partial charge is 0.231 e. The first-order valence-electron chi connectivity index (χ1n) is 8.21. The summed E-state index contributed by atoms with van der Waals surface area (Å²) < 4.78 is 0.848. The minimum absolute atomic E-state index is 0.0274. The van der Waals surface area contributed by atoms with Gasteiger partial charge in [-0.3, -0.25) is 9.59 Å². The Labute approximate surface area is 155 Å². The van der Waals surface area contributed by atoms with Crippen molar-refractivity contribution in [2.75, 3.05) is 22.5 Å². The van der Waals surface area contributed by atoms with Gasteiger partial charge in [-0.1, -0.05) is 47.7 Å². The zero-order valence-electron chi connectivity index (χ0n) is 14.2. The van der Waals surface area contributed by atoms with Crippen LogP contribution in [0.3, 0.4) is 0 Å². The molecule has 1 aromatic heterocycles. The third-order valence-electron chi connectivity index (χ3n) is 3.91. The van der Waals surface area contributed by atoms with E-state index in [-0.39, 0.29) is 24.2 Å². The van der Waals surface area contributed by atoms with Crippen LogP contribution >= 0.6 is 23.1 Å². The van der Waals surface area contributed by atoms with Gasteiger partial charge in [0, 0.05) is 24.4 Å². The van der Waals surface area contributed by atoms with E-state index in [0.717, 1.165) is 27.8 Å². The summed E-state index contributed by atoms with van der Waals surface area (Å²) in [5.41, 5.74) is 1.97. The Kier molecular flexibility index (Phi) is 5.70. The molecule has 2 aromatic rings. The molecule has 132 valence electrons. The number of hydrogen-bond acceptors (Lipinski definition) is 6. The van der Waals surface area contributed by atoms with Crippen molar-refractivity contribution in [1.29, 1.82) is 0 Å². The topological polar surface area (TPSA) is 75.2 Å². The minimum Gasteiger partial charge on any atom is -0.312 e. The first kappa shape index (κ1) is 17.9. The number of carbonyl (C=O) groups is 2. The van der Waals surface area contributed by atoms with Crippen LogP contribution < -0.4 is 10.2 Å². The Morgan fingerprint density at radius 2 is 2.12 bits per heavy atom. The van der Waals surface area contributed by atoms with Crippen molar-refractivity contribution in [2.24, 2.45) is 5.92 Å². The van der Waals surface area contributed by atoms with Crippen molar-refractivity contribution < 1.29 is 9.59 Å². The quantitative estimate of drug-likeness (QED) is 0.618. The van der Waals surface area contributed by atoms with Crippen LogP contribution in [-0.2, 0) is 9.59 Å². The zero-order chi connectivity index (χ0) is 17.8. The van der Waals surface area contributed by atoms with Gasteiger partial charge in [-0.2, -0.15) is 0 Å². The van der Waals surface area contributed by atoms with Gasteiger partial charge in [0.1, 0.15) is 0 Å². The molecule has 25 heavy (non-hydrogen) atoms. The number of aryl methyl sites for hydroxylation is 1. The summed E-state index contributed by atoms with van der Waals surface area (Å²) >= 11 is 3.00.